The Morgan fingerprint density at radius 3 is 2.23 bits per heavy atom. The molecule has 2 aliphatic rings. The molecule has 4 heteroatoms. The fourth-order valence-corrected chi connectivity index (χ4v) is 10.6. The van der Waals surface area contributed by atoms with E-state index in [0.717, 1.165) is 33.7 Å². The number of thiophene rings is 1. The standard InChI is InChI=1S/C48H32N2OS/c1-48(2)38-16-8-5-13-30(38)35-24-37-36-21-27-11-3-4-12-28(27)22-40(36)50(41(37)26-39(35)48)45-25-34(47-46(49-45)33-15-7-10-18-44(33)52-47)29-19-20-32-31-14-6-9-17-42(31)51-43(32)23-29/h3-24,26,45H,25H2,1-2H3. The van der Waals surface area contributed by atoms with Crippen molar-refractivity contribution in [2.75, 3.05) is 0 Å². The number of furan rings is 1. The summed E-state index contributed by atoms with van der Waals surface area (Å²) in [7, 11) is 0. The number of nitrogens with zero attached hydrogens (tertiary/aromatic N) is 2. The lowest BCUT2D eigenvalue weighted by atomic mass is 9.82. The van der Waals surface area contributed by atoms with E-state index in [1.54, 1.807) is 0 Å². The molecule has 3 nitrogen and oxygen atoms in total. The molecule has 0 saturated carbocycles. The second-order valence-electron chi connectivity index (χ2n) is 15.0. The maximum Gasteiger partial charge on any atom is 0.136 e. The van der Waals surface area contributed by atoms with Crippen LogP contribution in [0.3, 0.4) is 0 Å². The molecule has 10 aromatic rings. The molecule has 246 valence electrons. The monoisotopic (exact) mass is 684 g/mol. The van der Waals surface area contributed by atoms with Gasteiger partial charge in [-0.1, -0.05) is 105 Å². The molecular weight excluding hydrogens is 653 g/mol. The zero-order valence-electron chi connectivity index (χ0n) is 28.8. The average Bonchev–Trinajstić information content (AvgIpc) is 3.89. The molecule has 0 radical (unpaired) electrons. The number of benzene rings is 7. The molecule has 52 heavy (non-hydrogen) atoms. The highest BCUT2D eigenvalue weighted by Crippen LogP contribution is 2.51. The van der Waals surface area contributed by atoms with Gasteiger partial charge in [0, 0.05) is 43.5 Å². The van der Waals surface area contributed by atoms with Gasteiger partial charge in [0.05, 0.1) is 20.9 Å². The number of rotatable bonds is 2. The molecule has 0 bridgehead atoms. The largest absolute Gasteiger partial charge is 0.456 e. The smallest absolute Gasteiger partial charge is 0.136 e. The minimum atomic E-state index is -0.141. The van der Waals surface area contributed by atoms with Crippen LogP contribution in [-0.2, 0) is 5.41 Å². The zero-order valence-corrected chi connectivity index (χ0v) is 29.6. The van der Waals surface area contributed by atoms with Gasteiger partial charge < -0.3 is 8.98 Å². The van der Waals surface area contributed by atoms with Crippen LogP contribution in [0.4, 0.5) is 0 Å². The van der Waals surface area contributed by atoms with Gasteiger partial charge in [-0.2, -0.15) is 0 Å². The lowest BCUT2D eigenvalue weighted by Gasteiger charge is -2.24. The lowest BCUT2D eigenvalue weighted by molar-refractivity contribution is 0.549. The van der Waals surface area contributed by atoms with Crippen molar-refractivity contribution in [1.29, 1.82) is 0 Å². The maximum absolute atomic E-state index is 6.44. The topological polar surface area (TPSA) is 30.4 Å². The number of fused-ring (bicyclic) bond motifs is 13. The summed E-state index contributed by atoms with van der Waals surface area (Å²) >= 11 is 1.86. The predicted octanol–water partition coefficient (Wildman–Crippen LogP) is 11.8. The Morgan fingerprint density at radius 1 is 0.615 bits per heavy atom. The molecule has 0 fully saturated rings. The Balaban J connectivity index is 1.16. The molecule has 0 N–H and O–H groups in total. The Morgan fingerprint density at radius 2 is 1.33 bits per heavy atom. The van der Waals surface area contributed by atoms with E-state index >= 15 is 0 Å². The highest BCUT2D eigenvalue weighted by molar-refractivity contribution is 7.17. The second-order valence-corrected chi connectivity index (χ2v) is 16.1. The number of hydrogen-bond donors (Lipinski definition) is 0. The normalized spacial score (nSPS) is 16.3. The van der Waals surface area contributed by atoms with Crippen LogP contribution in [0.2, 0.25) is 0 Å². The Hall–Kier alpha value is -5.97. The number of aromatic nitrogens is 1. The Labute approximate surface area is 303 Å². The van der Waals surface area contributed by atoms with Crippen molar-refractivity contribution in [3.63, 3.8) is 0 Å². The van der Waals surface area contributed by atoms with Crippen LogP contribution in [0.5, 0.6) is 0 Å². The maximum atomic E-state index is 6.44. The van der Waals surface area contributed by atoms with E-state index in [-0.39, 0.29) is 11.6 Å². The van der Waals surface area contributed by atoms with Crippen LogP contribution in [-0.4, -0.2) is 4.57 Å². The van der Waals surface area contributed by atoms with Crippen LogP contribution < -0.4 is 9.89 Å². The molecule has 4 heterocycles. The van der Waals surface area contributed by atoms with Gasteiger partial charge in [0.25, 0.3) is 0 Å². The second kappa shape index (κ2) is 10.1. The van der Waals surface area contributed by atoms with Crippen molar-refractivity contribution in [1.82, 2.24) is 4.57 Å². The van der Waals surface area contributed by atoms with Gasteiger partial charge in [-0.05, 0) is 92.7 Å². The van der Waals surface area contributed by atoms with Crippen LogP contribution in [0.25, 0.3) is 81.3 Å². The summed E-state index contributed by atoms with van der Waals surface area (Å²) in [4.78, 5) is 5.73. The van der Waals surface area contributed by atoms with Crippen LogP contribution in [0, 0.1) is 0 Å². The third-order valence-corrected chi connectivity index (χ3v) is 13.1. The summed E-state index contributed by atoms with van der Waals surface area (Å²) in [6, 6.07) is 51.4. The molecule has 1 atom stereocenters. The van der Waals surface area contributed by atoms with Crippen molar-refractivity contribution in [3.8, 4) is 11.1 Å². The predicted molar refractivity (Wildman–Crippen MR) is 217 cm³/mol. The molecule has 1 unspecified atom stereocenters. The first-order chi connectivity index (χ1) is 25.5. The van der Waals surface area contributed by atoms with Crippen molar-refractivity contribution >= 4 is 81.5 Å². The van der Waals surface area contributed by atoms with Gasteiger partial charge >= 0.3 is 0 Å². The summed E-state index contributed by atoms with van der Waals surface area (Å²) in [5.74, 6) is 0. The minimum absolute atomic E-state index is 0.105. The summed E-state index contributed by atoms with van der Waals surface area (Å²) < 4.78 is 11.5. The Bertz CT molecular complexity index is 3320. The summed E-state index contributed by atoms with van der Waals surface area (Å²) in [5, 5.41) is 9.69. The molecule has 0 spiro atoms. The fraction of sp³-hybridized carbons (Fsp3) is 0.104. The first-order valence-corrected chi connectivity index (χ1v) is 18.9. The van der Waals surface area contributed by atoms with E-state index in [4.69, 9.17) is 9.41 Å². The van der Waals surface area contributed by atoms with Gasteiger partial charge in [0.2, 0.25) is 0 Å². The highest BCUT2D eigenvalue weighted by atomic mass is 32.1. The van der Waals surface area contributed by atoms with Crippen LogP contribution in [0.15, 0.2) is 149 Å². The van der Waals surface area contributed by atoms with Crippen molar-refractivity contribution in [2.24, 2.45) is 4.99 Å². The lowest BCUT2D eigenvalue weighted by Crippen LogP contribution is -2.30. The fourth-order valence-electron chi connectivity index (χ4n) is 9.39. The minimum Gasteiger partial charge on any atom is -0.456 e. The van der Waals surface area contributed by atoms with E-state index in [0.29, 0.717) is 0 Å². The van der Waals surface area contributed by atoms with Gasteiger partial charge in [0.15, 0.2) is 0 Å². The van der Waals surface area contributed by atoms with Gasteiger partial charge in [-0.25, -0.2) is 0 Å². The SMILES string of the molecule is CC1(C)c2ccccc2-c2cc3c4cc5ccccc5cc4n(C4CC(c5ccc6c(c5)oc5ccccc56)=c5sc6ccccc6c5=N4)c3cc21. The van der Waals surface area contributed by atoms with E-state index in [9.17, 15) is 0 Å². The summed E-state index contributed by atoms with van der Waals surface area (Å²) in [6.07, 6.45) is 0.635. The third kappa shape index (κ3) is 3.77. The highest BCUT2D eigenvalue weighted by Gasteiger charge is 2.36. The van der Waals surface area contributed by atoms with Gasteiger partial charge in [0.1, 0.15) is 17.3 Å². The van der Waals surface area contributed by atoms with Crippen LogP contribution >= 0.6 is 11.3 Å². The molecule has 1 aliphatic carbocycles. The van der Waals surface area contributed by atoms with E-state index in [1.165, 1.54) is 80.6 Å². The summed E-state index contributed by atoms with van der Waals surface area (Å²) in [6.45, 7) is 4.75. The first kappa shape index (κ1) is 28.7. The third-order valence-electron chi connectivity index (χ3n) is 11.9. The first-order valence-electron chi connectivity index (χ1n) is 18.1. The average molecular weight is 685 g/mol. The molecule has 12 rings (SSSR count). The molecule has 3 aromatic heterocycles. The number of para-hydroxylation sites is 1. The summed E-state index contributed by atoms with van der Waals surface area (Å²) in [5.41, 5.74) is 12.2. The zero-order chi connectivity index (χ0) is 34.3. The molecule has 0 amide bonds. The quantitative estimate of drug-likeness (QED) is 0.178. The van der Waals surface area contributed by atoms with Crippen molar-refractivity contribution in [3.05, 3.63) is 166 Å². The molecule has 0 saturated heterocycles. The molecule has 1 aliphatic heterocycles. The molecule has 7 aromatic carbocycles. The Kier molecular flexibility index (Phi) is 5.57. The van der Waals surface area contributed by atoms with E-state index < -0.39 is 0 Å². The van der Waals surface area contributed by atoms with Gasteiger partial charge in [-0.15, -0.1) is 11.3 Å². The van der Waals surface area contributed by atoms with Crippen molar-refractivity contribution in [2.45, 2.75) is 31.8 Å². The van der Waals surface area contributed by atoms with Crippen LogP contribution in [0.1, 0.15) is 43.1 Å². The van der Waals surface area contributed by atoms with Gasteiger partial charge in [-0.3, -0.25) is 4.99 Å². The molecular formula is C48H32N2OS. The van der Waals surface area contributed by atoms with E-state index in [1.807, 2.05) is 17.4 Å². The van der Waals surface area contributed by atoms with E-state index in [2.05, 4.69) is 152 Å². The number of hydrogen-bond acceptors (Lipinski definition) is 3. The van der Waals surface area contributed by atoms with Crippen molar-refractivity contribution < 1.29 is 4.42 Å².